The molecule has 0 aliphatic rings. The number of aromatic amines is 2. The number of nitrogens with zero attached hydrogens (tertiary/aromatic N) is 2. The lowest BCUT2D eigenvalue weighted by molar-refractivity contribution is 0.281. The van der Waals surface area contributed by atoms with Crippen molar-refractivity contribution in [2.24, 2.45) is 0 Å². The first-order valence-electron chi connectivity index (χ1n) is 10.5. The smallest absolute Gasteiger partial charge is 0.272 e. The van der Waals surface area contributed by atoms with Crippen LogP contribution in [0.3, 0.4) is 0 Å². The first kappa shape index (κ1) is 23.1. The summed E-state index contributed by atoms with van der Waals surface area (Å²) in [4.78, 5) is 34.5. The van der Waals surface area contributed by atoms with E-state index in [4.69, 9.17) is 4.74 Å². The predicted octanol–water partition coefficient (Wildman–Crippen LogP) is 1.12. The molecule has 0 unspecified atom stereocenters. The Balaban J connectivity index is 1.78. The molecule has 0 saturated heterocycles. The molecule has 3 rings (SSSR count). The lowest BCUT2D eigenvalue weighted by Gasteiger charge is -2.11. The Morgan fingerprint density at radius 3 is 1.75 bits per heavy atom. The number of H-pyrrole nitrogens is 2. The second-order valence-electron chi connectivity index (χ2n) is 8.08. The molecule has 0 bridgehead atoms. The van der Waals surface area contributed by atoms with Crippen LogP contribution in [0.4, 0.5) is 5.69 Å². The van der Waals surface area contributed by atoms with E-state index >= 15 is 0 Å². The van der Waals surface area contributed by atoms with Crippen LogP contribution in [-0.2, 0) is 0 Å². The van der Waals surface area contributed by atoms with Crippen LogP contribution in [0.15, 0.2) is 58.1 Å². The number of nitrogens with one attached hydrogen (secondary N) is 2. The van der Waals surface area contributed by atoms with E-state index in [1.54, 1.807) is 12.2 Å². The molecule has 0 fully saturated rings. The molecule has 0 atom stereocenters. The fraction of sp³-hybridized carbons (Fsp3) is 0.280. The molecule has 0 aliphatic heterocycles. The number of hydrogen-bond donors (Lipinski definition) is 2. The average molecular weight is 435 g/mol. The largest absolute Gasteiger partial charge is 0.494 e. The molecular weight excluding hydrogens is 404 g/mol. The van der Waals surface area contributed by atoms with Crippen LogP contribution >= 0.6 is 0 Å². The van der Waals surface area contributed by atoms with Crippen LogP contribution in [0.5, 0.6) is 5.75 Å². The molecular formula is C25H30N4O3. The zero-order chi connectivity index (χ0) is 23.1. The van der Waals surface area contributed by atoms with E-state index in [0.29, 0.717) is 6.61 Å². The van der Waals surface area contributed by atoms with E-state index in [1.807, 2.05) is 81.6 Å². The Morgan fingerprint density at radius 2 is 1.28 bits per heavy atom. The van der Waals surface area contributed by atoms with Crippen molar-refractivity contribution < 1.29 is 4.74 Å². The van der Waals surface area contributed by atoms with Gasteiger partial charge in [-0.25, -0.2) is 0 Å². The van der Waals surface area contributed by atoms with Gasteiger partial charge in [0.1, 0.15) is 16.4 Å². The van der Waals surface area contributed by atoms with Gasteiger partial charge in [0, 0.05) is 26.3 Å². The van der Waals surface area contributed by atoms with Gasteiger partial charge in [0.2, 0.25) is 0 Å². The van der Waals surface area contributed by atoms with Crippen LogP contribution in [0.25, 0.3) is 12.2 Å². The van der Waals surface area contributed by atoms with Crippen molar-refractivity contribution in [3.8, 4) is 5.75 Å². The molecule has 1 heterocycles. The highest BCUT2D eigenvalue weighted by Crippen LogP contribution is 2.13. The van der Waals surface area contributed by atoms with E-state index in [0.717, 1.165) is 35.5 Å². The lowest BCUT2D eigenvalue weighted by Crippen LogP contribution is -2.46. The zero-order valence-electron chi connectivity index (χ0n) is 19.0. The van der Waals surface area contributed by atoms with Crippen molar-refractivity contribution >= 4 is 17.8 Å². The first-order chi connectivity index (χ1) is 15.3. The normalized spacial score (nSPS) is 12.4. The second kappa shape index (κ2) is 10.6. The second-order valence-corrected chi connectivity index (χ2v) is 8.08. The molecule has 0 amide bonds. The van der Waals surface area contributed by atoms with Crippen LogP contribution in [-0.4, -0.2) is 56.2 Å². The van der Waals surface area contributed by atoms with Gasteiger partial charge in [0.05, 0.1) is 6.61 Å². The molecule has 7 heteroatoms. The molecule has 2 N–H and O–H groups in total. The van der Waals surface area contributed by atoms with Gasteiger partial charge in [0.15, 0.2) is 0 Å². The lowest BCUT2D eigenvalue weighted by atomic mass is 10.2. The number of hydrogen-bond acceptors (Lipinski definition) is 5. The summed E-state index contributed by atoms with van der Waals surface area (Å²) in [5.74, 6) is 0.772. The summed E-state index contributed by atoms with van der Waals surface area (Å²) in [6.07, 6.45) is 4.25. The van der Waals surface area contributed by atoms with E-state index in [1.165, 1.54) is 0 Å². The van der Waals surface area contributed by atoms with Gasteiger partial charge in [-0.05, 0) is 68.1 Å². The summed E-state index contributed by atoms with van der Waals surface area (Å²) < 4.78 is 5.72. The van der Waals surface area contributed by atoms with Gasteiger partial charge < -0.3 is 24.5 Å². The molecule has 0 aliphatic carbocycles. The number of rotatable bonds is 8. The fourth-order valence-corrected chi connectivity index (χ4v) is 3.13. The molecule has 2 aromatic carbocycles. The predicted molar refractivity (Wildman–Crippen MR) is 130 cm³/mol. The van der Waals surface area contributed by atoms with Gasteiger partial charge in [-0.3, -0.25) is 9.59 Å². The monoisotopic (exact) mass is 434 g/mol. The zero-order valence-corrected chi connectivity index (χ0v) is 19.0. The van der Waals surface area contributed by atoms with Crippen molar-refractivity contribution in [3.05, 3.63) is 91.1 Å². The molecule has 0 radical (unpaired) electrons. The quantitative estimate of drug-likeness (QED) is 0.520. The summed E-state index contributed by atoms with van der Waals surface area (Å²) in [7, 11) is 7.99. The Bertz CT molecular complexity index is 1250. The van der Waals surface area contributed by atoms with E-state index in [2.05, 4.69) is 14.9 Å². The van der Waals surface area contributed by atoms with Crippen molar-refractivity contribution in [1.82, 2.24) is 14.9 Å². The maximum atomic E-state index is 12.5. The Kier molecular flexibility index (Phi) is 7.68. The molecule has 3 aromatic rings. The van der Waals surface area contributed by atoms with E-state index in [-0.39, 0.29) is 21.8 Å². The third kappa shape index (κ3) is 6.46. The van der Waals surface area contributed by atoms with Crippen LogP contribution in [0.2, 0.25) is 0 Å². The standard InChI is InChI=1S/C25H30N4O3/c1-28(2)14-5-15-32-21-12-8-19(9-13-21)17-23-25(31)26-22(24(30)27-23)16-18-6-10-20(11-7-18)29(3)4/h6-13,16-17H,5,14-15H2,1-4H3,(H,26,31)(H,27,30)/b22-16-,23-17-. The highest BCUT2D eigenvalue weighted by atomic mass is 16.5. The minimum atomic E-state index is -0.357. The van der Waals surface area contributed by atoms with Crippen molar-refractivity contribution in [3.63, 3.8) is 0 Å². The molecule has 7 nitrogen and oxygen atoms in total. The maximum Gasteiger partial charge on any atom is 0.272 e. The van der Waals surface area contributed by atoms with Crippen molar-refractivity contribution in [1.29, 1.82) is 0 Å². The highest BCUT2D eigenvalue weighted by Gasteiger charge is 2.00. The third-order valence-corrected chi connectivity index (χ3v) is 4.92. The van der Waals surface area contributed by atoms with Crippen LogP contribution < -0.4 is 31.5 Å². The van der Waals surface area contributed by atoms with Crippen molar-refractivity contribution in [2.75, 3.05) is 46.2 Å². The summed E-state index contributed by atoms with van der Waals surface area (Å²) in [5.41, 5.74) is 1.97. The fourth-order valence-electron chi connectivity index (χ4n) is 3.13. The number of aromatic nitrogens is 2. The first-order valence-corrected chi connectivity index (χ1v) is 10.5. The molecule has 32 heavy (non-hydrogen) atoms. The summed E-state index contributed by atoms with van der Waals surface area (Å²) >= 11 is 0. The third-order valence-electron chi connectivity index (χ3n) is 4.92. The molecule has 0 spiro atoms. The maximum absolute atomic E-state index is 12.5. The number of anilines is 1. The van der Waals surface area contributed by atoms with Gasteiger partial charge in [0.25, 0.3) is 11.1 Å². The Hall–Kier alpha value is -3.58. The average Bonchev–Trinajstić information content (AvgIpc) is 2.76. The molecule has 0 saturated carbocycles. The summed E-state index contributed by atoms with van der Waals surface area (Å²) in [5, 5.41) is 0.418. The minimum absolute atomic E-state index is 0.203. The van der Waals surface area contributed by atoms with Crippen LogP contribution in [0.1, 0.15) is 17.5 Å². The van der Waals surface area contributed by atoms with Crippen molar-refractivity contribution in [2.45, 2.75) is 6.42 Å². The summed E-state index contributed by atoms with van der Waals surface area (Å²) in [6, 6.07) is 15.1. The minimum Gasteiger partial charge on any atom is -0.494 e. The highest BCUT2D eigenvalue weighted by molar-refractivity contribution is 5.55. The van der Waals surface area contributed by atoms with E-state index in [9.17, 15) is 9.59 Å². The Morgan fingerprint density at radius 1 is 0.781 bits per heavy atom. The summed E-state index contributed by atoms with van der Waals surface area (Å²) in [6.45, 7) is 1.61. The number of benzene rings is 2. The van der Waals surface area contributed by atoms with Crippen LogP contribution in [0, 0.1) is 0 Å². The van der Waals surface area contributed by atoms with Gasteiger partial charge in [-0.1, -0.05) is 24.3 Å². The van der Waals surface area contributed by atoms with Gasteiger partial charge >= 0.3 is 0 Å². The number of ether oxygens (including phenoxy) is 1. The molecule has 168 valence electrons. The van der Waals surface area contributed by atoms with Gasteiger partial charge in [-0.2, -0.15) is 0 Å². The van der Waals surface area contributed by atoms with E-state index < -0.39 is 0 Å². The SMILES string of the molecule is CN(C)CCCOc1ccc(/C=c2\[nH]c(=O)/c(=C/c3ccc(N(C)C)cc3)[nH]c2=O)cc1. The topological polar surface area (TPSA) is 81.4 Å². The molecule has 1 aromatic heterocycles. The Labute approximate surface area is 187 Å². The van der Waals surface area contributed by atoms with Gasteiger partial charge in [-0.15, -0.1) is 0 Å².